The van der Waals surface area contributed by atoms with Crippen molar-refractivity contribution in [3.63, 3.8) is 0 Å². The Morgan fingerprint density at radius 3 is 1.00 bits per heavy atom. The van der Waals surface area contributed by atoms with Crippen LogP contribution in [0.5, 0.6) is 0 Å². The Bertz CT molecular complexity index is 2640. The highest BCUT2D eigenvalue weighted by molar-refractivity contribution is 6.10. The highest BCUT2D eigenvalue weighted by Crippen LogP contribution is 2.33. The topological polar surface area (TPSA) is 53.5 Å². The molecule has 10 aromatic rings. The Balaban J connectivity index is 1.29. The Morgan fingerprint density at radius 2 is 0.638 bits per heavy atom. The number of para-hydroxylation sites is 6. The van der Waals surface area contributed by atoms with E-state index in [9.17, 15) is 0 Å². The summed E-state index contributed by atoms with van der Waals surface area (Å²) in [6, 6.07) is 53.6. The van der Waals surface area contributed by atoms with E-state index < -0.39 is 0 Å². The molecule has 10 rings (SSSR count). The summed E-state index contributed by atoms with van der Waals surface area (Å²) in [6.45, 7) is 0. The summed E-state index contributed by atoms with van der Waals surface area (Å²) in [5.74, 6) is 4.77. The first kappa shape index (κ1) is 25.6. The third-order valence-electron chi connectivity index (χ3n) is 9.03. The predicted molar refractivity (Wildman–Crippen MR) is 190 cm³/mol. The first-order valence-corrected chi connectivity index (χ1v) is 15.6. The molecule has 0 N–H and O–H groups in total. The normalized spacial score (nSPS) is 11.7. The lowest BCUT2D eigenvalue weighted by Gasteiger charge is -2.10. The fraction of sp³-hybridized carbons (Fsp3) is 0. The van der Waals surface area contributed by atoms with Crippen molar-refractivity contribution in [2.75, 3.05) is 0 Å². The lowest BCUT2D eigenvalue weighted by atomic mass is 10.2. The average molecular weight is 601 g/mol. The average Bonchev–Trinajstić information content (AvgIpc) is 3.77. The molecule has 0 radical (unpaired) electrons. The van der Waals surface area contributed by atoms with Gasteiger partial charge in [0.15, 0.2) is 0 Å². The molecule has 0 unspecified atom stereocenters. The van der Waals surface area contributed by atoms with E-state index in [1.54, 1.807) is 0 Å². The van der Waals surface area contributed by atoms with E-state index in [4.69, 9.17) is 15.0 Å². The minimum atomic E-state index is 0.385. The molecule has 6 nitrogen and oxygen atoms in total. The van der Waals surface area contributed by atoms with Crippen molar-refractivity contribution in [1.82, 2.24) is 28.7 Å². The van der Waals surface area contributed by atoms with Crippen LogP contribution < -0.4 is 0 Å². The molecular formula is C41H24N6. The van der Waals surface area contributed by atoms with Gasteiger partial charge in [0, 0.05) is 38.4 Å². The first-order chi connectivity index (χ1) is 23.3. The van der Waals surface area contributed by atoms with Crippen LogP contribution in [0.1, 0.15) is 5.82 Å². The van der Waals surface area contributed by atoms with Gasteiger partial charge in [-0.2, -0.15) is 15.0 Å². The van der Waals surface area contributed by atoms with Crippen molar-refractivity contribution in [3.05, 3.63) is 151 Å². The molecule has 0 fully saturated rings. The zero-order valence-electron chi connectivity index (χ0n) is 25.0. The Kier molecular flexibility index (Phi) is 5.39. The van der Waals surface area contributed by atoms with E-state index in [1.165, 1.54) is 0 Å². The van der Waals surface area contributed by atoms with Crippen molar-refractivity contribution in [2.24, 2.45) is 0 Å². The molecule has 0 aliphatic carbocycles. The summed E-state index contributed by atoms with van der Waals surface area (Å²) >= 11 is 0. The number of aromatic nitrogens is 6. The van der Waals surface area contributed by atoms with E-state index >= 15 is 0 Å². The molecular weight excluding hydrogens is 576 g/mol. The highest BCUT2D eigenvalue weighted by Gasteiger charge is 2.19. The molecule has 6 aromatic carbocycles. The van der Waals surface area contributed by atoms with Gasteiger partial charge in [-0.25, -0.2) is 0 Å². The minimum absolute atomic E-state index is 0.385. The van der Waals surface area contributed by atoms with Crippen molar-refractivity contribution in [2.45, 2.75) is 0 Å². The SMILES string of the molecule is C(#Cn1c2ccccc2c2ccccc21)c1nc(-n2c3ccccc3c3ccccc32)nc(-n2c3ccccc3c3ccccc32)n1. The van der Waals surface area contributed by atoms with Gasteiger partial charge in [0.25, 0.3) is 0 Å². The first-order valence-electron chi connectivity index (χ1n) is 15.6. The minimum Gasteiger partial charge on any atom is -0.278 e. The van der Waals surface area contributed by atoms with Crippen molar-refractivity contribution in [3.8, 4) is 23.9 Å². The Morgan fingerprint density at radius 1 is 0.340 bits per heavy atom. The van der Waals surface area contributed by atoms with Gasteiger partial charge in [0.2, 0.25) is 17.7 Å². The molecule has 0 aliphatic rings. The van der Waals surface area contributed by atoms with Crippen molar-refractivity contribution in [1.29, 1.82) is 0 Å². The molecule has 0 amide bonds. The molecule has 0 saturated carbocycles. The van der Waals surface area contributed by atoms with Crippen LogP contribution in [0.4, 0.5) is 0 Å². The van der Waals surface area contributed by atoms with Crippen LogP contribution in [0.2, 0.25) is 0 Å². The van der Waals surface area contributed by atoms with Gasteiger partial charge in [0.1, 0.15) is 0 Å². The van der Waals surface area contributed by atoms with Crippen LogP contribution in [0.25, 0.3) is 77.3 Å². The van der Waals surface area contributed by atoms with Crippen molar-refractivity contribution < 1.29 is 0 Å². The van der Waals surface area contributed by atoms with E-state index in [-0.39, 0.29) is 0 Å². The quantitative estimate of drug-likeness (QED) is 0.186. The second-order valence-corrected chi connectivity index (χ2v) is 11.6. The monoisotopic (exact) mass is 600 g/mol. The van der Waals surface area contributed by atoms with Gasteiger partial charge >= 0.3 is 0 Å². The van der Waals surface area contributed by atoms with Gasteiger partial charge in [-0.15, -0.1) is 0 Å². The van der Waals surface area contributed by atoms with Gasteiger partial charge in [0.05, 0.1) is 33.1 Å². The molecule has 4 aromatic heterocycles. The molecule has 6 heteroatoms. The van der Waals surface area contributed by atoms with E-state index in [0.717, 1.165) is 65.4 Å². The summed E-state index contributed by atoms with van der Waals surface area (Å²) in [6.07, 6.45) is 0. The second kappa shape index (κ2) is 9.90. The maximum atomic E-state index is 5.19. The fourth-order valence-corrected chi connectivity index (χ4v) is 7.03. The van der Waals surface area contributed by atoms with Crippen LogP contribution in [0, 0.1) is 12.0 Å². The molecule has 4 heterocycles. The Labute approximate surface area is 268 Å². The molecule has 0 aliphatic heterocycles. The number of nitrogens with zero attached hydrogens (tertiary/aromatic N) is 6. The predicted octanol–water partition coefficient (Wildman–Crippen LogP) is 9.03. The van der Waals surface area contributed by atoms with E-state index in [0.29, 0.717) is 17.7 Å². The number of rotatable bonds is 2. The zero-order valence-corrected chi connectivity index (χ0v) is 25.0. The molecule has 218 valence electrons. The highest BCUT2D eigenvalue weighted by atomic mass is 15.3. The lowest BCUT2D eigenvalue weighted by Crippen LogP contribution is -2.10. The number of benzene rings is 6. The van der Waals surface area contributed by atoms with Crippen LogP contribution in [-0.2, 0) is 0 Å². The van der Waals surface area contributed by atoms with Crippen LogP contribution in [-0.4, -0.2) is 28.7 Å². The summed E-state index contributed by atoms with van der Waals surface area (Å²) in [7, 11) is 0. The van der Waals surface area contributed by atoms with Gasteiger partial charge < -0.3 is 0 Å². The summed E-state index contributed by atoms with van der Waals surface area (Å²) in [4.78, 5) is 15.3. The third kappa shape index (κ3) is 3.78. The maximum absolute atomic E-state index is 5.19. The van der Waals surface area contributed by atoms with E-state index in [1.807, 2.05) is 16.7 Å². The molecule has 0 saturated heterocycles. The van der Waals surface area contributed by atoms with Crippen LogP contribution >= 0.6 is 0 Å². The zero-order chi connectivity index (χ0) is 30.9. The molecule has 0 atom stereocenters. The number of hydrogen-bond acceptors (Lipinski definition) is 3. The van der Waals surface area contributed by atoms with E-state index in [2.05, 4.69) is 155 Å². The van der Waals surface area contributed by atoms with Crippen LogP contribution in [0.15, 0.2) is 146 Å². The van der Waals surface area contributed by atoms with Gasteiger partial charge in [-0.05, 0) is 42.3 Å². The van der Waals surface area contributed by atoms with Crippen molar-refractivity contribution >= 4 is 65.4 Å². The third-order valence-corrected chi connectivity index (χ3v) is 9.03. The molecule has 47 heavy (non-hydrogen) atoms. The lowest BCUT2D eigenvalue weighted by molar-refractivity contribution is 0.875. The largest absolute Gasteiger partial charge is 0.278 e. The number of hydrogen-bond donors (Lipinski definition) is 0. The molecule has 0 spiro atoms. The maximum Gasteiger partial charge on any atom is 0.240 e. The van der Waals surface area contributed by atoms with Gasteiger partial charge in [-0.3, -0.25) is 13.7 Å². The molecule has 0 bridgehead atoms. The smallest absolute Gasteiger partial charge is 0.240 e. The summed E-state index contributed by atoms with van der Waals surface area (Å²) in [5, 5.41) is 6.87. The second-order valence-electron chi connectivity index (χ2n) is 11.6. The summed E-state index contributed by atoms with van der Waals surface area (Å²) < 4.78 is 6.28. The van der Waals surface area contributed by atoms with Gasteiger partial charge in [-0.1, -0.05) is 109 Å². The fourth-order valence-electron chi connectivity index (χ4n) is 7.03. The standard InChI is InChI=1S/C41H24N6/c1-7-19-33-27(13-1)28-14-2-8-20-34(28)45(33)26-25-39-42-40(46-35-21-9-3-15-29(35)30-16-4-10-22-36(30)46)44-41(43-39)47-37-23-11-5-17-31(37)32-18-6-12-24-38(32)47/h1-24H. The number of fused-ring (bicyclic) bond motifs is 9. The summed E-state index contributed by atoms with van der Waals surface area (Å²) in [5.41, 5.74) is 6.17. The Hall–Kier alpha value is -6.71. The van der Waals surface area contributed by atoms with Crippen LogP contribution in [0.3, 0.4) is 0 Å².